The third-order valence-electron chi connectivity index (χ3n) is 13.7. The summed E-state index contributed by atoms with van der Waals surface area (Å²) >= 11 is 0. The first-order valence-electron chi connectivity index (χ1n) is 32.7. The second kappa shape index (κ2) is 61.8. The molecule has 0 aliphatic rings. The zero-order valence-electron chi connectivity index (χ0n) is 52.7. The minimum absolute atomic E-state index is 0.178. The third kappa shape index (κ3) is 63.1. The van der Waals surface area contributed by atoms with Crippen LogP contribution in [0.5, 0.6) is 0 Å². The van der Waals surface area contributed by atoms with E-state index in [-0.39, 0.29) is 32.2 Å². The van der Waals surface area contributed by atoms with Crippen molar-refractivity contribution >= 4 is 17.9 Å². The van der Waals surface area contributed by atoms with Crippen LogP contribution in [0.25, 0.3) is 0 Å². The molecule has 0 bridgehead atoms. The lowest BCUT2D eigenvalue weighted by Crippen LogP contribution is -2.40. The van der Waals surface area contributed by atoms with Gasteiger partial charge in [-0.05, 0) is 109 Å². The molecule has 9 heteroatoms. The first kappa shape index (κ1) is 76.7. The Kier molecular flexibility index (Phi) is 58.5. The van der Waals surface area contributed by atoms with Gasteiger partial charge in [0.2, 0.25) is 0 Å². The van der Waals surface area contributed by atoms with Gasteiger partial charge in [-0.25, -0.2) is 4.79 Å². The number of carbonyl (C=O) groups is 3. The van der Waals surface area contributed by atoms with E-state index in [1.807, 2.05) is 21.1 Å². The van der Waals surface area contributed by atoms with Gasteiger partial charge in [0.05, 0.1) is 34.4 Å². The third-order valence-corrected chi connectivity index (χ3v) is 13.7. The Morgan fingerprint density at radius 2 is 0.704 bits per heavy atom. The lowest BCUT2D eigenvalue weighted by Gasteiger charge is -2.25. The van der Waals surface area contributed by atoms with Crippen LogP contribution in [0, 0.1) is 0 Å². The van der Waals surface area contributed by atoms with E-state index in [0.29, 0.717) is 23.9 Å². The molecule has 0 fully saturated rings. The summed E-state index contributed by atoms with van der Waals surface area (Å²) in [6.07, 6.45) is 84.3. The summed E-state index contributed by atoms with van der Waals surface area (Å²) in [5, 5.41) is 9.73. The average molecular weight is 1130 g/mol. The molecule has 0 saturated carbocycles. The van der Waals surface area contributed by atoms with Crippen molar-refractivity contribution in [3.63, 3.8) is 0 Å². The van der Waals surface area contributed by atoms with Gasteiger partial charge in [-0.1, -0.05) is 257 Å². The maximum absolute atomic E-state index is 12.9. The van der Waals surface area contributed by atoms with Crippen LogP contribution in [0.3, 0.4) is 0 Å². The van der Waals surface area contributed by atoms with Crippen LogP contribution in [-0.4, -0.2) is 87.4 Å². The minimum atomic E-state index is -1.52. The number of ether oxygens (including phenoxy) is 4. The number of nitrogens with zero attached hydrogens (tertiary/aromatic N) is 1. The average Bonchev–Trinajstić information content (AvgIpc) is 3.44. The Bertz CT molecular complexity index is 1740. The molecule has 0 aromatic rings. The number of carboxylic acid groups (broad SMARTS) is 1. The number of hydrogen-bond donors (Lipinski definition) is 1. The topological polar surface area (TPSA) is 108 Å². The molecule has 0 aromatic carbocycles. The highest BCUT2D eigenvalue weighted by Crippen LogP contribution is 2.16. The van der Waals surface area contributed by atoms with Crippen molar-refractivity contribution in [3.05, 3.63) is 122 Å². The van der Waals surface area contributed by atoms with E-state index < -0.39 is 24.3 Å². The molecule has 2 atom stereocenters. The van der Waals surface area contributed by atoms with Gasteiger partial charge in [-0.2, -0.15) is 0 Å². The second-order valence-electron chi connectivity index (χ2n) is 22.7. The largest absolute Gasteiger partial charge is 0.477 e. The predicted octanol–water partition coefficient (Wildman–Crippen LogP) is 20.0. The molecule has 0 aromatic heterocycles. The number of hydrogen-bond acceptors (Lipinski definition) is 7. The zero-order valence-corrected chi connectivity index (χ0v) is 52.7. The summed E-state index contributed by atoms with van der Waals surface area (Å²) in [5.41, 5.74) is 0. The van der Waals surface area contributed by atoms with Crippen molar-refractivity contribution in [1.82, 2.24) is 0 Å². The number of esters is 2. The smallest absolute Gasteiger partial charge is 0.361 e. The molecular formula is C72H122NO8+. The maximum atomic E-state index is 12.9. The number of unbranched alkanes of at least 4 members (excludes halogenated alkanes) is 24. The number of quaternary nitrogens is 1. The van der Waals surface area contributed by atoms with Gasteiger partial charge in [0.15, 0.2) is 6.10 Å². The quantitative estimate of drug-likeness (QED) is 0.0211. The highest BCUT2D eigenvalue weighted by Gasteiger charge is 2.25. The molecule has 81 heavy (non-hydrogen) atoms. The number of rotatable bonds is 59. The lowest BCUT2D eigenvalue weighted by molar-refractivity contribution is -0.870. The molecule has 0 spiro atoms. The molecule has 0 saturated heterocycles. The van der Waals surface area contributed by atoms with Gasteiger partial charge in [0.25, 0.3) is 6.29 Å². The second-order valence-corrected chi connectivity index (χ2v) is 22.7. The van der Waals surface area contributed by atoms with E-state index in [1.165, 1.54) is 109 Å². The van der Waals surface area contributed by atoms with Crippen LogP contribution in [0.1, 0.15) is 258 Å². The lowest BCUT2D eigenvalue weighted by atomic mass is 10.0. The standard InChI is InChI=1S/C72H121NO8/c1-6-8-10-12-14-16-18-20-22-24-26-28-30-32-33-34-35-36-37-39-41-43-45-47-49-51-53-55-57-59-61-63-70(75)81-68(67-80-72(71(76)77)78-65-64-73(3,4)5)66-79-69(74)62-60-58-56-54-52-50-48-46-44-42-40-38-31-29-27-25-23-21-19-17-15-13-11-9-7-2/h8,10,14,16,19-22,25-28,32-33,35-36,39,41,45,47,68,72H,6-7,9,11-13,15,17-18,23-24,29-31,34,37-38,40,42-44,46,48-67H2,1-5H3/p+1/b10-8-,16-14-,21-19-,22-20-,27-25-,28-26-,33-32-,36-35-,41-39-,47-45-. The van der Waals surface area contributed by atoms with Crippen LogP contribution in [0.4, 0.5) is 0 Å². The van der Waals surface area contributed by atoms with Crippen LogP contribution in [0.2, 0.25) is 0 Å². The molecule has 0 radical (unpaired) electrons. The highest BCUT2D eigenvalue weighted by atomic mass is 16.7. The van der Waals surface area contributed by atoms with Crippen LogP contribution < -0.4 is 0 Å². The number of likely N-dealkylation sites (N-methyl/N-ethyl adjacent to an activating group) is 1. The van der Waals surface area contributed by atoms with E-state index in [9.17, 15) is 19.5 Å². The van der Waals surface area contributed by atoms with E-state index in [4.69, 9.17) is 18.9 Å². The first-order chi connectivity index (χ1) is 39.6. The summed E-state index contributed by atoms with van der Waals surface area (Å²) < 4.78 is 22.9. The number of aliphatic carboxylic acids is 1. The number of carboxylic acids is 1. The molecular weight excluding hydrogens is 1010 g/mol. The van der Waals surface area contributed by atoms with Crippen LogP contribution >= 0.6 is 0 Å². The Hall–Kier alpha value is -4.31. The van der Waals surface area contributed by atoms with Crippen molar-refractivity contribution < 1.29 is 42.9 Å². The molecule has 9 nitrogen and oxygen atoms in total. The van der Waals surface area contributed by atoms with Crippen LogP contribution in [0.15, 0.2) is 122 Å². The van der Waals surface area contributed by atoms with Crippen molar-refractivity contribution in [2.24, 2.45) is 0 Å². The highest BCUT2D eigenvalue weighted by molar-refractivity contribution is 5.71. The summed E-state index contributed by atoms with van der Waals surface area (Å²) in [4.78, 5) is 37.6. The van der Waals surface area contributed by atoms with Gasteiger partial charge < -0.3 is 28.5 Å². The summed E-state index contributed by atoms with van der Waals surface area (Å²) in [6, 6.07) is 0. The molecule has 1 N–H and O–H groups in total. The van der Waals surface area contributed by atoms with E-state index in [1.54, 1.807) is 0 Å². The van der Waals surface area contributed by atoms with Crippen molar-refractivity contribution in [1.29, 1.82) is 0 Å². The minimum Gasteiger partial charge on any atom is -0.477 e. The molecule has 0 amide bonds. The molecule has 2 unspecified atom stereocenters. The Labute approximate surface area is 497 Å². The molecule has 0 aliphatic carbocycles. The van der Waals surface area contributed by atoms with E-state index >= 15 is 0 Å². The monoisotopic (exact) mass is 1130 g/mol. The van der Waals surface area contributed by atoms with Gasteiger partial charge >= 0.3 is 17.9 Å². The maximum Gasteiger partial charge on any atom is 0.361 e. The normalized spacial score (nSPS) is 13.5. The summed E-state index contributed by atoms with van der Waals surface area (Å²) in [6.45, 7) is 4.74. The molecule has 0 heterocycles. The van der Waals surface area contributed by atoms with Crippen LogP contribution in [-0.2, 0) is 33.3 Å². The summed E-state index contributed by atoms with van der Waals surface area (Å²) in [5.74, 6) is -2.03. The molecule has 462 valence electrons. The predicted molar refractivity (Wildman–Crippen MR) is 345 cm³/mol. The van der Waals surface area contributed by atoms with E-state index in [2.05, 4.69) is 135 Å². The van der Waals surface area contributed by atoms with Crippen molar-refractivity contribution in [2.45, 2.75) is 270 Å². The van der Waals surface area contributed by atoms with Gasteiger partial charge in [-0.15, -0.1) is 0 Å². The Morgan fingerprint density at radius 1 is 0.383 bits per heavy atom. The number of carbonyl (C=O) groups excluding carboxylic acids is 2. The zero-order chi connectivity index (χ0) is 59.1. The fourth-order valence-electron chi connectivity index (χ4n) is 8.71. The Morgan fingerprint density at radius 3 is 1.05 bits per heavy atom. The Balaban J connectivity index is 4.25. The molecule has 0 rings (SSSR count). The fourth-order valence-corrected chi connectivity index (χ4v) is 8.71. The van der Waals surface area contributed by atoms with Gasteiger partial charge in [0, 0.05) is 12.8 Å². The van der Waals surface area contributed by atoms with Gasteiger partial charge in [-0.3, -0.25) is 9.59 Å². The van der Waals surface area contributed by atoms with Crippen molar-refractivity contribution in [2.75, 3.05) is 47.5 Å². The fraction of sp³-hybridized carbons (Fsp3) is 0.681. The SMILES string of the molecule is CC/C=C\C/C=C\C/C=C\C/C=C\C/C=C\C/C=C\C/C=C\C/C=C\CCCCCCCCC(=O)OC(COC(=O)CCCCCCCCCCCCCCC/C=C\C/C=C\CCCCCCC)COC(OCC[N+](C)(C)C)C(=O)O. The van der Waals surface area contributed by atoms with Crippen molar-refractivity contribution in [3.8, 4) is 0 Å². The number of allylic oxidation sites excluding steroid dienone is 20. The summed E-state index contributed by atoms with van der Waals surface area (Å²) in [7, 11) is 5.96. The first-order valence-corrected chi connectivity index (χ1v) is 32.7. The molecule has 0 aliphatic heterocycles. The van der Waals surface area contributed by atoms with Gasteiger partial charge in [0.1, 0.15) is 13.2 Å². The van der Waals surface area contributed by atoms with E-state index in [0.717, 1.165) is 116 Å².